The van der Waals surface area contributed by atoms with E-state index in [-0.39, 0.29) is 24.3 Å². The first-order valence-electron chi connectivity index (χ1n) is 10.9. The second kappa shape index (κ2) is 10.3. The molecule has 1 atom stereocenters. The lowest BCUT2D eigenvalue weighted by molar-refractivity contribution is -0.126. The van der Waals surface area contributed by atoms with Crippen molar-refractivity contribution in [2.45, 2.75) is 51.1 Å². The van der Waals surface area contributed by atoms with Crippen LogP contribution < -0.4 is 15.0 Å². The lowest BCUT2D eigenvalue weighted by Crippen LogP contribution is -2.46. The first-order valence-corrected chi connectivity index (χ1v) is 12.7. The summed E-state index contributed by atoms with van der Waals surface area (Å²) in [5, 5.41) is 7.13. The number of amides is 2. The minimum absolute atomic E-state index is 0.128. The van der Waals surface area contributed by atoms with E-state index in [2.05, 4.69) is 5.32 Å². The molecule has 5 nitrogen and oxygen atoms in total. The third-order valence-corrected chi connectivity index (χ3v) is 7.59. The maximum Gasteiger partial charge on any atom is 0.248 e. The van der Waals surface area contributed by atoms with Crippen molar-refractivity contribution in [3.05, 3.63) is 68.5 Å². The predicted molar refractivity (Wildman–Crippen MR) is 131 cm³/mol. The Morgan fingerprint density at radius 1 is 1.12 bits per heavy atom. The number of aryl methyl sites for hydroxylation is 1. The third-order valence-electron chi connectivity index (χ3n) is 5.79. The molecule has 0 bridgehead atoms. The molecule has 1 aliphatic rings. The molecule has 3 aromatic rings. The highest BCUT2D eigenvalue weighted by Gasteiger charge is 2.36. The topological polar surface area (TPSA) is 58.6 Å². The number of hydrogen-bond acceptors (Lipinski definition) is 5. The van der Waals surface area contributed by atoms with Crippen LogP contribution in [0.25, 0.3) is 0 Å². The molecule has 1 saturated carbocycles. The highest BCUT2D eigenvalue weighted by atomic mass is 32.1. The Morgan fingerprint density at radius 3 is 2.53 bits per heavy atom. The van der Waals surface area contributed by atoms with Crippen LogP contribution in [0.4, 0.5) is 5.69 Å². The summed E-state index contributed by atoms with van der Waals surface area (Å²) in [6.45, 7) is 1.98. The van der Waals surface area contributed by atoms with Gasteiger partial charge in [0.1, 0.15) is 11.8 Å². The van der Waals surface area contributed by atoms with Crippen LogP contribution in [0.3, 0.4) is 0 Å². The molecule has 1 aromatic carbocycles. The van der Waals surface area contributed by atoms with E-state index in [4.69, 9.17) is 4.74 Å². The molecular formula is C25H28N2O3S2. The monoisotopic (exact) mass is 468 g/mol. The lowest BCUT2D eigenvalue weighted by atomic mass is 10.1. The molecule has 2 aromatic heterocycles. The number of nitrogens with one attached hydrogen (secondary N) is 1. The van der Waals surface area contributed by atoms with Crippen LogP contribution in [0.15, 0.2) is 53.2 Å². The van der Waals surface area contributed by atoms with E-state index in [0.717, 1.165) is 41.0 Å². The third kappa shape index (κ3) is 5.05. The van der Waals surface area contributed by atoms with Crippen molar-refractivity contribution in [1.29, 1.82) is 0 Å². The number of anilines is 1. The number of rotatable bonds is 8. The molecule has 4 rings (SSSR count). The average molecular weight is 469 g/mol. The SMILES string of the molecule is COc1ccc(C)cc1N(C(=O)Cc1cccs1)C(C(=O)NC1CCCC1)c1cccs1. The molecule has 1 unspecified atom stereocenters. The van der Waals surface area contributed by atoms with Crippen LogP contribution in [0.2, 0.25) is 0 Å². The summed E-state index contributed by atoms with van der Waals surface area (Å²) in [6, 6.07) is 12.9. The summed E-state index contributed by atoms with van der Waals surface area (Å²) in [7, 11) is 1.59. The van der Waals surface area contributed by atoms with Gasteiger partial charge >= 0.3 is 0 Å². The Labute approximate surface area is 197 Å². The Balaban J connectivity index is 1.78. The summed E-state index contributed by atoms with van der Waals surface area (Å²) < 4.78 is 5.63. The van der Waals surface area contributed by atoms with Gasteiger partial charge in [0.2, 0.25) is 11.8 Å². The van der Waals surface area contributed by atoms with Crippen molar-refractivity contribution >= 4 is 40.2 Å². The van der Waals surface area contributed by atoms with Crippen LogP contribution in [-0.4, -0.2) is 25.0 Å². The molecule has 1 N–H and O–H groups in total. The van der Waals surface area contributed by atoms with Crippen molar-refractivity contribution < 1.29 is 14.3 Å². The maximum absolute atomic E-state index is 13.8. The van der Waals surface area contributed by atoms with Gasteiger partial charge in [0, 0.05) is 15.8 Å². The van der Waals surface area contributed by atoms with Gasteiger partial charge in [-0.1, -0.05) is 31.0 Å². The minimum Gasteiger partial charge on any atom is -0.495 e. The average Bonchev–Trinajstić information content (AvgIpc) is 3.55. The zero-order chi connectivity index (χ0) is 22.5. The van der Waals surface area contributed by atoms with Gasteiger partial charge in [-0.2, -0.15) is 0 Å². The molecule has 168 valence electrons. The molecule has 7 heteroatoms. The predicted octanol–water partition coefficient (Wildman–Crippen LogP) is 5.50. The smallest absolute Gasteiger partial charge is 0.248 e. The van der Waals surface area contributed by atoms with E-state index < -0.39 is 6.04 Å². The van der Waals surface area contributed by atoms with Crippen LogP contribution >= 0.6 is 22.7 Å². The fraction of sp³-hybridized carbons (Fsp3) is 0.360. The first-order chi connectivity index (χ1) is 15.6. The van der Waals surface area contributed by atoms with Crippen molar-refractivity contribution in [1.82, 2.24) is 5.32 Å². The van der Waals surface area contributed by atoms with Gasteiger partial charge in [0.25, 0.3) is 0 Å². The van der Waals surface area contributed by atoms with Gasteiger partial charge in [0.05, 0.1) is 19.2 Å². The van der Waals surface area contributed by atoms with Crippen molar-refractivity contribution in [3.8, 4) is 5.75 Å². The van der Waals surface area contributed by atoms with E-state index in [1.54, 1.807) is 23.3 Å². The van der Waals surface area contributed by atoms with Crippen molar-refractivity contribution in [2.24, 2.45) is 0 Å². The fourth-order valence-corrected chi connectivity index (χ4v) is 5.73. The minimum atomic E-state index is -0.751. The quantitative estimate of drug-likeness (QED) is 0.475. The molecule has 32 heavy (non-hydrogen) atoms. The van der Waals surface area contributed by atoms with Gasteiger partial charge in [-0.05, 0) is 60.4 Å². The van der Waals surface area contributed by atoms with E-state index in [1.807, 2.05) is 60.1 Å². The molecule has 0 aliphatic heterocycles. The Hall–Kier alpha value is -2.64. The number of carbonyl (C=O) groups is 2. The summed E-state index contributed by atoms with van der Waals surface area (Å²) in [6.07, 6.45) is 4.45. The number of carbonyl (C=O) groups excluding carboxylic acids is 2. The van der Waals surface area contributed by atoms with Crippen molar-refractivity contribution in [3.63, 3.8) is 0 Å². The van der Waals surface area contributed by atoms with Crippen LogP contribution in [0, 0.1) is 6.92 Å². The second-order valence-electron chi connectivity index (χ2n) is 8.10. The van der Waals surface area contributed by atoms with Crippen LogP contribution in [0.5, 0.6) is 5.75 Å². The second-order valence-corrected chi connectivity index (χ2v) is 10.1. The Morgan fingerprint density at radius 2 is 1.88 bits per heavy atom. The lowest BCUT2D eigenvalue weighted by Gasteiger charge is -2.32. The largest absolute Gasteiger partial charge is 0.495 e. The van der Waals surface area contributed by atoms with Gasteiger partial charge in [-0.15, -0.1) is 22.7 Å². The number of benzene rings is 1. The molecule has 2 amide bonds. The summed E-state index contributed by atoms with van der Waals surface area (Å²) >= 11 is 3.03. The molecular weight excluding hydrogens is 440 g/mol. The molecule has 0 spiro atoms. The highest BCUT2D eigenvalue weighted by Crippen LogP contribution is 2.38. The van der Waals surface area contributed by atoms with Gasteiger partial charge < -0.3 is 10.1 Å². The van der Waals surface area contributed by atoms with E-state index in [9.17, 15) is 9.59 Å². The Bertz CT molecular complexity index is 1040. The molecule has 2 heterocycles. The summed E-state index contributed by atoms with van der Waals surface area (Å²) in [4.78, 5) is 30.9. The molecule has 0 radical (unpaired) electrons. The number of ether oxygens (including phenoxy) is 1. The molecule has 1 aliphatic carbocycles. The van der Waals surface area contributed by atoms with Gasteiger partial charge in [0.15, 0.2) is 0 Å². The highest BCUT2D eigenvalue weighted by molar-refractivity contribution is 7.10. The molecule has 0 saturated heterocycles. The molecule has 1 fully saturated rings. The number of hydrogen-bond donors (Lipinski definition) is 1. The first kappa shape index (κ1) is 22.6. The van der Waals surface area contributed by atoms with E-state index in [0.29, 0.717) is 11.4 Å². The van der Waals surface area contributed by atoms with E-state index >= 15 is 0 Å². The fourth-order valence-electron chi connectivity index (χ4n) is 4.22. The van der Waals surface area contributed by atoms with Crippen LogP contribution in [0.1, 0.15) is 47.0 Å². The summed E-state index contributed by atoms with van der Waals surface area (Å²) in [5.74, 6) is 0.309. The Kier molecular flexibility index (Phi) is 7.27. The number of thiophene rings is 2. The summed E-state index contributed by atoms with van der Waals surface area (Å²) in [5.41, 5.74) is 1.62. The number of methoxy groups -OCH3 is 1. The zero-order valence-corrected chi connectivity index (χ0v) is 20.0. The standard InChI is InChI=1S/C25H28N2O3S2/c1-17-11-12-21(30-2)20(15-17)27(23(28)16-19-9-5-13-31-19)24(22-10-6-14-32-22)25(29)26-18-7-3-4-8-18/h5-6,9-15,18,24H,3-4,7-8,16H2,1-2H3,(H,26,29). The zero-order valence-electron chi connectivity index (χ0n) is 18.4. The van der Waals surface area contributed by atoms with Gasteiger partial charge in [-0.3, -0.25) is 14.5 Å². The maximum atomic E-state index is 13.8. The number of nitrogens with zero attached hydrogens (tertiary/aromatic N) is 1. The van der Waals surface area contributed by atoms with Gasteiger partial charge in [-0.25, -0.2) is 0 Å². The normalized spacial score (nSPS) is 14.8. The van der Waals surface area contributed by atoms with Crippen molar-refractivity contribution in [2.75, 3.05) is 12.0 Å². The van der Waals surface area contributed by atoms with Crippen LogP contribution in [-0.2, 0) is 16.0 Å². The van der Waals surface area contributed by atoms with E-state index in [1.165, 1.54) is 11.3 Å².